The van der Waals surface area contributed by atoms with E-state index < -0.39 is 9.85 Å². The number of nitrogens with zero attached hydrogens (tertiary/aromatic N) is 4. The van der Waals surface area contributed by atoms with Gasteiger partial charge in [0.2, 0.25) is 0 Å². The van der Waals surface area contributed by atoms with Gasteiger partial charge in [0, 0.05) is 37.9 Å². The van der Waals surface area contributed by atoms with E-state index in [-0.39, 0.29) is 11.4 Å². The number of hydrogen-bond acceptors (Lipinski definition) is 7. The molecule has 0 bridgehead atoms. The molecule has 9 nitrogen and oxygen atoms in total. The molecule has 0 amide bonds. The van der Waals surface area contributed by atoms with Gasteiger partial charge in [-0.2, -0.15) is 0 Å². The molecule has 1 saturated heterocycles. The number of anilines is 2. The summed E-state index contributed by atoms with van der Waals surface area (Å²) in [4.78, 5) is 25.1. The minimum atomic E-state index is -0.627. The van der Waals surface area contributed by atoms with Crippen LogP contribution < -0.4 is 14.5 Å². The first-order valence-corrected chi connectivity index (χ1v) is 8.06. The minimum absolute atomic E-state index is 0.239. The van der Waals surface area contributed by atoms with Gasteiger partial charge in [0.25, 0.3) is 11.4 Å². The van der Waals surface area contributed by atoms with E-state index in [1.165, 1.54) is 12.1 Å². The Morgan fingerprint density at radius 1 is 0.885 bits per heavy atom. The molecule has 0 unspecified atom stereocenters. The van der Waals surface area contributed by atoms with Crippen molar-refractivity contribution in [3.8, 4) is 5.75 Å². The average molecular weight is 358 g/mol. The van der Waals surface area contributed by atoms with Gasteiger partial charge in [-0.05, 0) is 30.3 Å². The van der Waals surface area contributed by atoms with E-state index in [2.05, 4.69) is 4.90 Å². The number of nitro benzene ring substituents is 2. The van der Waals surface area contributed by atoms with Crippen molar-refractivity contribution in [3.63, 3.8) is 0 Å². The molecule has 1 aliphatic heterocycles. The van der Waals surface area contributed by atoms with E-state index in [1.807, 2.05) is 29.2 Å². The Bertz CT molecular complexity index is 816. The van der Waals surface area contributed by atoms with Gasteiger partial charge < -0.3 is 14.5 Å². The fourth-order valence-corrected chi connectivity index (χ4v) is 3.04. The van der Waals surface area contributed by atoms with Crippen LogP contribution in [0.3, 0.4) is 0 Å². The Morgan fingerprint density at radius 3 is 2.04 bits per heavy atom. The van der Waals surface area contributed by atoms with Crippen LogP contribution in [0, 0.1) is 20.2 Å². The van der Waals surface area contributed by atoms with Crippen molar-refractivity contribution >= 4 is 22.7 Å². The summed E-state index contributed by atoms with van der Waals surface area (Å²) in [5, 5.41) is 22.2. The lowest BCUT2D eigenvalue weighted by atomic mass is 10.2. The summed E-state index contributed by atoms with van der Waals surface area (Å²) in [5.74, 6) is 0.786. The topological polar surface area (TPSA) is 102 Å². The smallest absolute Gasteiger partial charge is 0.299 e. The quantitative estimate of drug-likeness (QED) is 0.598. The monoisotopic (exact) mass is 358 g/mol. The maximum Gasteiger partial charge on any atom is 0.299 e. The highest BCUT2D eigenvalue weighted by Crippen LogP contribution is 2.33. The number of hydrogen-bond donors (Lipinski definition) is 0. The van der Waals surface area contributed by atoms with Crippen molar-refractivity contribution in [2.75, 3.05) is 43.1 Å². The third-order valence-corrected chi connectivity index (χ3v) is 4.42. The van der Waals surface area contributed by atoms with Crippen molar-refractivity contribution in [3.05, 3.63) is 62.7 Å². The highest BCUT2D eigenvalue weighted by atomic mass is 16.6. The molecule has 9 heteroatoms. The van der Waals surface area contributed by atoms with Gasteiger partial charge in [0.1, 0.15) is 11.4 Å². The first-order valence-electron chi connectivity index (χ1n) is 8.06. The zero-order valence-corrected chi connectivity index (χ0v) is 14.2. The van der Waals surface area contributed by atoms with Crippen LogP contribution in [0.4, 0.5) is 22.7 Å². The van der Waals surface area contributed by atoms with Crippen molar-refractivity contribution in [2.24, 2.45) is 0 Å². The molecule has 3 rings (SSSR count). The molecule has 26 heavy (non-hydrogen) atoms. The molecule has 0 radical (unpaired) electrons. The molecule has 0 saturated carbocycles. The Labute approximate surface area is 149 Å². The maximum atomic E-state index is 11.3. The third-order valence-electron chi connectivity index (χ3n) is 4.42. The van der Waals surface area contributed by atoms with Crippen molar-refractivity contribution in [1.82, 2.24) is 0 Å². The predicted octanol–water partition coefficient (Wildman–Crippen LogP) is 2.84. The van der Waals surface area contributed by atoms with Crippen LogP contribution in [0.1, 0.15) is 0 Å². The van der Waals surface area contributed by atoms with Crippen LogP contribution in [0.25, 0.3) is 0 Å². The van der Waals surface area contributed by atoms with Crippen LogP contribution in [0.5, 0.6) is 5.75 Å². The zero-order chi connectivity index (χ0) is 18.7. The molecule has 0 N–H and O–H groups in total. The van der Waals surface area contributed by atoms with Crippen LogP contribution in [0.2, 0.25) is 0 Å². The molecule has 1 fully saturated rings. The molecule has 0 spiro atoms. The first-order chi connectivity index (χ1) is 12.5. The van der Waals surface area contributed by atoms with E-state index in [0.29, 0.717) is 31.9 Å². The van der Waals surface area contributed by atoms with E-state index in [0.717, 1.165) is 17.5 Å². The second-order valence-electron chi connectivity index (χ2n) is 5.86. The lowest BCUT2D eigenvalue weighted by Crippen LogP contribution is -2.46. The minimum Gasteiger partial charge on any atom is -0.497 e. The predicted molar refractivity (Wildman–Crippen MR) is 97.2 cm³/mol. The second-order valence-corrected chi connectivity index (χ2v) is 5.86. The fraction of sp³-hybridized carbons (Fsp3) is 0.294. The summed E-state index contributed by atoms with van der Waals surface area (Å²) in [6, 6.07) is 11.5. The lowest BCUT2D eigenvalue weighted by molar-refractivity contribution is -0.393. The number of methoxy groups -OCH3 is 1. The van der Waals surface area contributed by atoms with Crippen molar-refractivity contribution in [1.29, 1.82) is 0 Å². The van der Waals surface area contributed by atoms with Gasteiger partial charge in [-0.15, -0.1) is 0 Å². The number of rotatable bonds is 5. The van der Waals surface area contributed by atoms with Gasteiger partial charge in [-0.1, -0.05) is 0 Å². The Kier molecular flexibility index (Phi) is 4.87. The molecular formula is C17H18N4O5. The van der Waals surface area contributed by atoms with Gasteiger partial charge in [0.05, 0.1) is 23.0 Å². The standard InChI is InChI=1S/C17H18N4O5/c1-26-15-5-2-13(3-6-15)18-8-10-19(11-9-18)16-7-4-14(20(22)23)12-17(16)21(24)25/h2-7,12H,8-11H2,1H3. The van der Waals surface area contributed by atoms with E-state index in [1.54, 1.807) is 7.11 Å². The van der Waals surface area contributed by atoms with Gasteiger partial charge in [-0.3, -0.25) is 20.2 Å². The van der Waals surface area contributed by atoms with Gasteiger partial charge in [-0.25, -0.2) is 0 Å². The SMILES string of the molecule is COc1ccc(N2CCN(c3ccc([N+](=O)[O-])cc3[N+](=O)[O-])CC2)cc1. The van der Waals surface area contributed by atoms with Gasteiger partial charge in [0.15, 0.2) is 0 Å². The number of nitro groups is 2. The summed E-state index contributed by atoms with van der Waals surface area (Å²) < 4.78 is 5.15. The van der Waals surface area contributed by atoms with Crippen LogP contribution in [-0.2, 0) is 0 Å². The Morgan fingerprint density at radius 2 is 1.50 bits per heavy atom. The summed E-state index contributed by atoms with van der Waals surface area (Å²) in [7, 11) is 1.62. The molecule has 0 atom stereocenters. The number of benzene rings is 2. The number of non-ortho nitro benzene ring substituents is 1. The first kappa shape index (κ1) is 17.5. The Hall–Kier alpha value is -3.36. The van der Waals surface area contributed by atoms with Crippen LogP contribution in [-0.4, -0.2) is 43.1 Å². The molecule has 0 aromatic heterocycles. The van der Waals surface area contributed by atoms with E-state index >= 15 is 0 Å². The maximum absolute atomic E-state index is 11.3. The number of ether oxygens (including phenoxy) is 1. The van der Waals surface area contributed by atoms with Crippen LogP contribution in [0.15, 0.2) is 42.5 Å². The summed E-state index contributed by atoms with van der Waals surface area (Å²) in [6.45, 7) is 2.57. The largest absolute Gasteiger partial charge is 0.497 e. The highest BCUT2D eigenvalue weighted by molar-refractivity contribution is 5.67. The Balaban J connectivity index is 1.75. The highest BCUT2D eigenvalue weighted by Gasteiger charge is 2.26. The summed E-state index contributed by atoms with van der Waals surface area (Å²) in [5.41, 5.74) is 0.952. The fourth-order valence-electron chi connectivity index (χ4n) is 3.04. The second kappa shape index (κ2) is 7.26. The number of piperazine rings is 1. The van der Waals surface area contributed by atoms with E-state index in [9.17, 15) is 20.2 Å². The summed E-state index contributed by atoms with van der Waals surface area (Å²) >= 11 is 0. The molecule has 1 aliphatic rings. The average Bonchev–Trinajstić information content (AvgIpc) is 2.67. The molecule has 2 aromatic rings. The zero-order valence-electron chi connectivity index (χ0n) is 14.2. The van der Waals surface area contributed by atoms with Gasteiger partial charge >= 0.3 is 0 Å². The molecular weight excluding hydrogens is 340 g/mol. The molecule has 2 aromatic carbocycles. The van der Waals surface area contributed by atoms with Crippen LogP contribution >= 0.6 is 0 Å². The lowest BCUT2D eigenvalue weighted by Gasteiger charge is -2.37. The van der Waals surface area contributed by atoms with E-state index in [4.69, 9.17) is 4.74 Å². The molecule has 136 valence electrons. The van der Waals surface area contributed by atoms with Crippen molar-refractivity contribution < 1.29 is 14.6 Å². The molecule has 0 aliphatic carbocycles. The summed E-state index contributed by atoms with van der Waals surface area (Å²) in [6.07, 6.45) is 0. The normalized spacial score (nSPS) is 14.2. The molecule has 1 heterocycles. The van der Waals surface area contributed by atoms with Crippen molar-refractivity contribution in [2.45, 2.75) is 0 Å². The third kappa shape index (κ3) is 3.51.